The van der Waals surface area contributed by atoms with Crippen LogP contribution in [0.5, 0.6) is 0 Å². The van der Waals surface area contributed by atoms with Gasteiger partial charge in [-0.1, -0.05) is 26.1 Å². The molecule has 0 saturated heterocycles. The van der Waals surface area contributed by atoms with Gasteiger partial charge in [-0.25, -0.2) is 4.39 Å². The van der Waals surface area contributed by atoms with Crippen LogP contribution in [0, 0.1) is 12.7 Å². The van der Waals surface area contributed by atoms with E-state index in [2.05, 4.69) is 5.32 Å². The number of hydrogen-bond acceptors (Lipinski definition) is 2. The molecule has 0 fully saturated rings. The Morgan fingerprint density at radius 3 is 2.42 bits per heavy atom. The van der Waals surface area contributed by atoms with Gasteiger partial charge in [0.1, 0.15) is 5.82 Å². The van der Waals surface area contributed by atoms with Crippen LogP contribution in [0.4, 0.5) is 4.39 Å². The topological polar surface area (TPSA) is 55.1 Å². The Morgan fingerprint density at radius 2 is 2.00 bits per heavy atom. The van der Waals surface area contributed by atoms with Crippen LogP contribution < -0.4 is 11.1 Å². The first kappa shape index (κ1) is 15.6. The van der Waals surface area contributed by atoms with Gasteiger partial charge in [-0.15, -0.1) is 0 Å². The summed E-state index contributed by atoms with van der Waals surface area (Å²) in [5, 5.41) is 2.88. The molecule has 1 aromatic rings. The minimum Gasteiger partial charge on any atom is -0.391 e. The van der Waals surface area contributed by atoms with E-state index in [0.717, 1.165) is 0 Å². The highest BCUT2D eigenvalue weighted by atomic mass is 32.1. The number of nitrogens with two attached hydrogens (primary N) is 1. The van der Waals surface area contributed by atoms with Crippen molar-refractivity contribution >= 4 is 23.1 Å². The van der Waals surface area contributed by atoms with Gasteiger partial charge in [0.2, 0.25) is 0 Å². The van der Waals surface area contributed by atoms with Gasteiger partial charge < -0.3 is 11.1 Å². The predicted octanol–water partition coefficient (Wildman–Crippen LogP) is 2.71. The maximum absolute atomic E-state index is 13.0. The molecule has 1 amide bonds. The lowest BCUT2D eigenvalue weighted by atomic mass is 9.92. The average Bonchev–Trinajstić information content (AvgIpc) is 2.35. The smallest absolute Gasteiger partial charge is 0.252 e. The van der Waals surface area contributed by atoms with Crippen LogP contribution >= 0.6 is 12.2 Å². The fraction of sp³-hybridized carbons (Fsp3) is 0.429. The van der Waals surface area contributed by atoms with Crippen LogP contribution in [0.1, 0.15) is 42.6 Å². The average molecular weight is 282 g/mol. The highest BCUT2D eigenvalue weighted by molar-refractivity contribution is 7.80. The Kier molecular flexibility index (Phi) is 5.00. The summed E-state index contributed by atoms with van der Waals surface area (Å²) >= 11 is 5.05. The van der Waals surface area contributed by atoms with Gasteiger partial charge in [0.15, 0.2) is 0 Å². The van der Waals surface area contributed by atoms with Crippen molar-refractivity contribution in [1.82, 2.24) is 5.32 Å². The molecule has 0 aromatic heterocycles. The third kappa shape index (κ3) is 3.29. The second-order valence-electron chi connectivity index (χ2n) is 4.57. The SMILES string of the molecule is CCC(CC)(NC(=O)c1ccc(F)cc1C)C(N)=S. The molecule has 0 atom stereocenters. The molecular formula is C14H19FN2OS. The van der Waals surface area contributed by atoms with Crippen molar-refractivity contribution in [2.45, 2.75) is 39.2 Å². The fourth-order valence-corrected chi connectivity index (χ4v) is 2.34. The molecule has 0 saturated carbocycles. The van der Waals surface area contributed by atoms with E-state index in [0.29, 0.717) is 24.0 Å². The van der Waals surface area contributed by atoms with Gasteiger partial charge in [0, 0.05) is 5.56 Å². The van der Waals surface area contributed by atoms with Gasteiger partial charge in [-0.3, -0.25) is 4.79 Å². The third-order valence-corrected chi connectivity index (χ3v) is 3.86. The van der Waals surface area contributed by atoms with Crippen molar-refractivity contribution in [3.05, 3.63) is 35.1 Å². The van der Waals surface area contributed by atoms with Crippen LogP contribution in [0.2, 0.25) is 0 Å². The quantitative estimate of drug-likeness (QED) is 0.816. The number of carbonyl (C=O) groups excluding carboxylic acids is 1. The highest BCUT2D eigenvalue weighted by Crippen LogP contribution is 2.18. The molecule has 3 nitrogen and oxygen atoms in total. The van der Waals surface area contributed by atoms with Crippen LogP contribution in [0.15, 0.2) is 18.2 Å². The summed E-state index contributed by atoms with van der Waals surface area (Å²) in [5.41, 5.74) is 6.07. The zero-order chi connectivity index (χ0) is 14.6. The number of rotatable bonds is 5. The Morgan fingerprint density at radius 1 is 1.42 bits per heavy atom. The lowest BCUT2D eigenvalue weighted by Crippen LogP contribution is -2.56. The normalized spacial score (nSPS) is 11.2. The van der Waals surface area contributed by atoms with E-state index in [1.165, 1.54) is 18.2 Å². The zero-order valence-corrected chi connectivity index (χ0v) is 12.2. The van der Waals surface area contributed by atoms with E-state index in [9.17, 15) is 9.18 Å². The monoisotopic (exact) mass is 282 g/mol. The van der Waals surface area contributed by atoms with Crippen LogP contribution in [0.3, 0.4) is 0 Å². The minimum atomic E-state index is -0.687. The van der Waals surface area contributed by atoms with E-state index in [1.807, 2.05) is 13.8 Å². The largest absolute Gasteiger partial charge is 0.391 e. The number of benzene rings is 1. The molecule has 1 aromatic carbocycles. The first-order chi connectivity index (χ1) is 8.86. The molecule has 5 heteroatoms. The predicted molar refractivity (Wildman–Crippen MR) is 78.7 cm³/mol. The number of hydrogen-bond donors (Lipinski definition) is 2. The Hall–Kier alpha value is -1.49. The van der Waals surface area contributed by atoms with Gasteiger partial charge in [0.05, 0.1) is 10.5 Å². The number of thiocarbonyl (C=S) groups is 1. The van der Waals surface area contributed by atoms with E-state index in [4.69, 9.17) is 18.0 Å². The van der Waals surface area contributed by atoms with Crippen molar-refractivity contribution in [2.24, 2.45) is 5.73 Å². The lowest BCUT2D eigenvalue weighted by molar-refractivity contribution is 0.0919. The number of amides is 1. The molecule has 3 N–H and O–H groups in total. The second-order valence-corrected chi connectivity index (χ2v) is 5.01. The minimum absolute atomic E-state index is 0.269. The highest BCUT2D eigenvalue weighted by Gasteiger charge is 2.31. The molecule has 1 rings (SSSR count). The number of halogens is 1. The van der Waals surface area contributed by atoms with Gasteiger partial charge in [-0.05, 0) is 43.5 Å². The summed E-state index contributed by atoms with van der Waals surface area (Å²) in [7, 11) is 0. The summed E-state index contributed by atoms with van der Waals surface area (Å²) < 4.78 is 13.0. The summed E-state index contributed by atoms with van der Waals surface area (Å²) in [4.78, 5) is 12.5. The fourth-order valence-electron chi connectivity index (χ4n) is 2.00. The van der Waals surface area contributed by atoms with Gasteiger partial charge in [-0.2, -0.15) is 0 Å². The van der Waals surface area contributed by atoms with E-state index in [1.54, 1.807) is 6.92 Å². The van der Waals surface area contributed by atoms with Crippen molar-refractivity contribution < 1.29 is 9.18 Å². The Bertz CT molecular complexity index is 498. The lowest BCUT2D eigenvalue weighted by Gasteiger charge is -2.32. The number of nitrogens with one attached hydrogen (secondary N) is 1. The maximum atomic E-state index is 13.0. The molecule has 0 aliphatic rings. The molecule has 104 valence electrons. The number of aryl methyl sites for hydroxylation is 1. The zero-order valence-electron chi connectivity index (χ0n) is 11.4. The van der Waals surface area contributed by atoms with E-state index < -0.39 is 5.54 Å². The first-order valence-electron chi connectivity index (χ1n) is 6.25. The van der Waals surface area contributed by atoms with E-state index in [-0.39, 0.29) is 16.7 Å². The molecule has 0 unspecified atom stereocenters. The van der Waals surface area contributed by atoms with Gasteiger partial charge in [0.25, 0.3) is 5.91 Å². The van der Waals surface area contributed by atoms with Crippen molar-refractivity contribution in [3.63, 3.8) is 0 Å². The molecule has 0 aliphatic carbocycles. The van der Waals surface area contributed by atoms with Crippen molar-refractivity contribution in [1.29, 1.82) is 0 Å². The molecule has 0 spiro atoms. The Balaban J connectivity index is 3.04. The van der Waals surface area contributed by atoms with Crippen LogP contribution in [-0.2, 0) is 0 Å². The number of carbonyl (C=O) groups is 1. The standard InChI is InChI=1S/C14H19FN2OS/c1-4-14(5-2,13(16)19)17-12(18)11-7-6-10(15)8-9(11)3/h6-8H,4-5H2,1-3H3,(H2,16,19)(H,17,18). The van der Waals surface area contributed by atoms with E-state index >= 15 is 0 Å². The molecule has 19 heavy (non-hydrogen) atoms. The second kappa shape index (κ2) is 6.10. The van der Waals surface area contributed by atoms with Crippen LogP contribution in [-0.4, -0.2) is 16.4 Å². The van der Waals surface area contributed by atoms with Crippen LogP contribution in [0.25, 0.3) is 0 Å². The van der Waals surface area contributed by atoms with Crippen molar-refractivity contribution in [3.8, 4) is 0 Å². The molecular weight excluding hydrogens is 263 g/mol. The third-order valence-electron chi connectivity index (χ3n) is 3.46. The molecule has 0 heterocycles. The Labute approximate surface area is 118 Å². The summed E-state index contributed by atoms with van der Waals surface area (Å²) in [6.45, 7) is 5.53. The summed E-state index contributed by atoms with van der Waals surface area (Å²) in [6, 6.07) is 4.06. The summed E-state index contributed by atoms with van der Waals surface area (Å²) in [5.74, 6) is -0.644. The van der Waals surface area contributed by atoms with Gasteiger partial charge >= 0.3 is 0 Å². The van der Waals surface area contributed by atoms with Crippen molar-refractivity contribution in [2.75, 3.05) is 0 Å². The first-order valence-corrected chi connectivity index (χ1v) is 6.65. The summed E-state index contributed by atoms with van der Waals surface area (Å²) in [6.07, 6.45) is 1.23. The molecule has 0 radical (unpaired) electrons. The molecule has 0 bridgehead atoms. The molecule has 0 aliphatic heterocycles. The maximum Gasteiger partial charge on any atom is 0.252 e.